The van der Waals surface area contributed by atoms with E-state index in [1.165, 1.54) is 0 Å². The summed E-state index contributed by atoms with van der Waals surface area (Å²) in [4.78, 5) is 0. The molecule has 0 heterocycles. The number of hydrogen-bond donors (Lipinski definition) is 1. The molecule has 0 aromatic carbocycles. The van der Waals surface area contributed by atoms with Crippen LogP contribution in [0.5, 0.6) is 0 Å². The SMILES string of the molecule is CC(C)CNCCOCCCOC(C)C. The van der Waals surface area contributed by atoms with Crippen LogP contribution in [0.2, 0.25) is 0 Å². The highest BCUT2D eigenvalue weighted by Gasteiger charge is 1.94. The quantitative estimate of drug-likeness (QED) is 0.568. The van der Waals surface area contributed by atoms with Gasteiger partial charge in [-0.1, -0.05) is 13.8 Å². The lowest BCUT2D eigenvalue weighted by Gasteiger charge is -2.09. The van der Waals surface area contributed by atoms with E-state index in [1.54, 1.807) is 0 Å². The lowest BCUT2D eigenvalue weighted by Crippen LogP contribution is -2.24. The smallest absolute Gasteiger partial charge is 0.0590 e. The van der Waals surface area contributed by atoms with Crippen LogP contribution >= 0.6 is 0 Å². The van der Waals surface area contributed by atoms with Crippen LogP contribution in [0.4, 0.5) is 0 Å². The van der Waals surface area contributed by atoms with Crippen LogP contribution in [0.25, 0.3) is 0 Å². The first-order valence-corrected chi connectivity index (χ1v) is 6.03. The summed E-state index contributed by atoms with van der Waals surface area (Å²) in [7, 11) is 0. The maximum absolute atomic E-state index is 5.45. The van der Waals surface area contributed by atoms with Crippen LogP contribution in [0.1, 0.15) is 34.1 Å². The summed E-state index contributed by atoms with van der Waals surface area (Å²) in [5.74, 6) is 0.712. The topological polar surface area (TPSA) is 30.5 Å². The highest BCUT2D eigenvalue weighted by molar-refractivity contribution is 4.50. The molecule has 0 bridgehead atoms. The Morgan fingerprint density at radius 1 is 1.00 bits per heavy atom. The minimum atomic E-state index is 0.331. The van der Waals surface area contributed by atoms with Crippen molar-refractivity contribution < 1.29 is 9.47 Å². The number of ether oxygens (including phenoxy) is 2. The fourth-order valence-corrected chi connectivity index (χ4v) is 1.12. The fraction of sp³-hybridized carbons (Fsp3) is 1.00. The number of rotatable bonds is 10. The molecule has 0 aromatic heterocycles. The Hall–Kier alpha value is -0.120. The average molecular weight is 217 g/mol. The third kappa shape index (κ3) is 13.9. The predicted molar refractivity (Wildman–Crippen MR) is 64.2 cm³/mol. The first-order chi connectivity index (χ1) is 7.13. The standard InChI is InChI=1S/C12H27NO2/c1-11(2)10-13-6-9-14-7-5-8-15-12(3)4/h11-13H,5-10H2,1-4H3. The molecule has 0 rings (SSSR count). The van der Waals surface area contributed by atoms with Gasteiger partial charge in [0.2, 0.25) is 0 Å². The maximum Gasteiger partial charge on any atom is 0.0590 e. The zero-order valence-electron chi connectivity index (χ0n) is 10.7. The molecule has 0 fully saturated rings. The van der Waals surface area contributed by atoms with Crippen LogP contribution < -0.4 is 5.32 Å². The molecule has 0 aliphatic rings. The largest absolute Gasteiger partial charge is 0.380 e. The van der Waals surface area contributed by atoms with Crippen LogP contribution in [0.3, 0.4) is 0 Å². The van der Waals surface area contributed by atoms with E-state index in [0.29, 0.717) is 12.0 Å². The minimum Gasteiger partial charge on any atom is -0.380 e. The van der Waals surface area contributed by atoms with E-state index >= 15 is 0 Å². The van der Waals surface area contributed by atoms with Crippen LogP contribution in [-0.2, 0) is 9.47 Å². The Bertz CT molecular complexity index is 113. The molecule has 0 amide bonds. The molecular formula is C12H27NO2. The van der Waals surface area contributed by atoms with E-state index in [1.807, 2.05) is 0 Å². The molecule has 0 aliphatic heterocycles. The molecular weight excluding hydrogens is 190 g/mol. The number of nitrogens with one attached hydrogen (secondary N) is 1. The Morgan fingerprint density at radius 3 is 2.33 bits per heavy atom. The van der Waals surface area contributed by atoms with Gasteiger partial charge in [-0.05, 0) is 32.7 Å². The van der Waals surface area contributed by atoms with Gasteiger partial charge in [-0.15, -0.1) is 0 Å². The second-order valence-electron chi connectivity index (χ2n) is 4.48. The summed E-state index contributed by atoms with van der Waals surface area (Å²) >= 11 is 0. The molecule has 0 unspecified atom stereocenters. The van der Waals surface area contributed by atoms with Crippen molar-refractivity contribution in [2.24, 2.45) is 5.92 Å². The maximum atomic E-state index is 5.45. The van der Waals surface area contributed by atoms with Gasteiger partial charge in [0.25, 0.3) is 0 Å². The van der Waals surface area contributed by atoms with E-state index in [0.717, 1.165) is 39.3 Å². The van der Waals surface area contributed by atoms with E-state index in [-0.39, 0.29) is 0 Å². The van der Waals surface area contributed by atoms with Crippen molar-refractivity contribution in [2.45, 2.75) is 40.2 Å². The van der Waals surface area contributed by atoms with Crippen LogP contribution in [0, 0.1) is 5.92 Å². The van der Waals surface area contributed by atoms with Gasteiger partial charge in [0.05, 0.1) is 12.7 Å². The van der Waals surface area contributed by atoms with Crippen molar-refractivity contribution in [3.8, 4) is 0 Å². The summed E-state index contributed by atoms with van der Waals surface area (Å²) in [6.07, 6.45) is 1.32. The van der Waals surface area contributed by atoms with Gasteiger partial charge in [-0.2, -0.15) is 0 Å². The van der Waals surface area contributed by atoms with Crippen molar-refractivity contribution in [3.05, 3.63) is 0 Å². The molecule has 0 saturated carbocycles. The molecule has 1 N–H and O–H groups in total. The van der Waals surface area contributed by atoms with Crippen molar-refractivity contribution in [2.75, 3.05) is 32.9 Å². The molecule has 0 aromatic rings. The van der Waals surface area contributed by atoms with Crippen molar-refractivity contribution in [3.63, 3.8) is 0 Å². The average Bonchev–Trinajstić information content (AvgIpc) is 2.14. The van der Waals surface area contributed by atoms with Gasteiger partial charge >= 0.3 is 0 Å². The van der Waals surface area contributed by atoms with Gasteiger partial charge in [0.1, 0.15) is 0 Å². The summed E-state index contributed by atoms with van der Waals surface area (Å²) in [6.45, 7) is 12.9. The molecule has 0 atom stereocenters. The molecule has 92 valence electrons. The first kappa shape index (κ1) is 14.9. The predicted octanol–water partition coefficient (Wildman–Crippen LogP) is 2.06. The van der Waals surface area contributed by atoms with Gasteiger partial charge < -0.3 is 14.8 Å². The van der Waals surface area contributed by atoms with Crippen molar-refractivity contribution in [1.82, 2.24) is 5.32 Å². The van der Waals surface area contributed by atoms with Crippen LogP contribution in [0.15, 0.2) is 0 Å². The second kappa shape index (κ2) is 10.4. The van der Waals surface area contributed by atoms with Crippen molar-refractivity contribution in [1.29, 1.82) is 0 Å². The highest BCUT2D eigenvalue weighted by atomic mass is 16.5. The van der Waals surface area contributed by atoms with Gasteiger partial charge in [-0.25, -0.2) is 0 Å². The third-order valence-electron chi connectivity index (χ3n) is 1.86. The Kier molecular flexibility index (Phi) is 10.3. The molecule has 15 heavy (non-hydrogen) atoms. The van der Waals surface area contributed by atoms with Gasteiger partial charge in [0.15, 0.2) is 0 Å². The second-order valence-corrected chi connectivity index (χ2v) is 4.48. The molecule has 3 heteroatoms. The Balaban J connectivity index is 2.93. The Morgan fingerprint density at radius 2 is 1.73 bits per heavy atom. The highest BCUT2D eigenvalue weighted by Crippen LogP contribution is 1.91. The zero-order valence-corrected chi connectivity index (χ0v) is 10.7. The van der Waals surface area contributed by atoms with Gasteiger partial charge in [-0.3, -0.25) is 0 Å². The van der Waals surface area contributed by atoms with Crippen molar-refractivity contribution >= 4 is 0 Å². The van der Waals surface area contributed by atoms with Gasteiger partial charge in [0, 0.05) is 19.8 Å². The molecule has 0 aliphatic carbocycles. The summed E-state index contributed by atoms with van der Waals surface area (Å²) in [5, 5.41) is 3.34. The van der Waals surface area contributed by atoms with E-state index < -0.39 is 0 Å². The van der Waals surface area contributed by atoms with Crippen LogP contribution in [-0.4, -0.2) is 39.0 Å². The molecule has 0 radical (unpaired) electrons. The minimum absolute atomic E-state index is 0.331. The molecule has 3 nitrogen and oxygen atoms in total. The normalized spacial score (nSPS) is 11.6. The van der Waals surface area contributed by atoms with E-state index in [4.69, 9.17) is 9.47 Å². The zero-order chi connectivity index (χ0) is 11.5. The lowest BCUT2D eigenvalue weighted by molar-refractivity contribution is 0.0519. The molecule has 0 saturated heterocycles. The van der Waals surface area contributed by atoms with E-state index in [9.17, 15) is 0 Å². The number of hydrogen-bond acceptors (Lipinski definition) is 3. The summed E-state index contributed by atoms with van der Waals surface area (Å²) in [6, 6.07) is 0. The molecule has 0 spiro atoms. The third-order valence-corrected chi connectivity index (χ3v) is 1.86. The lowest BCUT2D eigenvalue weighted by atomic mass is 10.2. The van der Waals surface area contributed by atoms with E-state index in [2.05, 4.69) is 33.0 Å². The summed E-state index contributed by atoms with van der Waals surface area (Å²) in [5.41, 5.74) is 0. The fourth-order valence-electron chi connectivity index (χ4n) is 1.12. The first-order valence-electron chi connectivity index (χ1n) is 6.03. The summed E-state index contributed by atoms with van der Waals surface area (Å²) < 4.78 is 10.9. The monoisotopic (exact) mass is 217 g/mol. The Labute approximate surface area is 94.5 Å².